The molecule has 0 radical (unpaired) electrons. The summed E-state index contributed by atoms with van der Waals surface area (Å²) in [5, 5.41) is 3.89. The van der Waals surface area contributed by atoms with Crippen LogP contribution < -0.4 is 10.2 Å². The zero-order valence-corrected chi connectivity index (χ0v) is 13.7. The highest BCUT2D eigenvalue weighted by molar-refractivity contribution is 6.30. The molecule has 21 heavy (non-hydrogen) atoms. The largest absolute Gasteiger partial charge is 0.371 e. The summed E-state index contributed by atoms with van der Waals surface area (Å²) in [7, 11) is 0. The van der Waals surface area contributed by atoms with E-state index in [1.807, 2.05) is 12.1 Å². The number of halogens is 1. The molecule has 1 aliphatic rings. The number of hydrogen-bond acceptors (Lipinski definition) is 2. The van der Waals surface area contributed by atoms with Crippen molar-refractivity contribution < 1.29 is 4.79 Å². The highest BCUT2D eigenvalue weighted by Crippen LogP contribution is 2.24. The topological polar surface area (TPSA) is 32.3 Å². The summed E-state index contributed by atoms with van der Waals surface area (Å²) in [6.07, 6.45) is 2.97. The molecule has 3 nitrogen and oxygen atoms in total. The maximum Gasteiger partial charge on any atom is 0.223 e. The molecule has 1 unspecified atom stereocenters. The number of nitrogens with zero attached hydrogens (tertiary/aromatic N) is 1. The Hall–Kier alpha value is -1.22. The van der Waals surface area contributed by atoms with Gasteiger partial charge in [0.05, 0.1) is 0 Å². The number of carbonyl (C=O) groups is 1. The Morgan fingerprint density at radius 3 is 2.62 bits per heavy atom. The molecule has 0 bridgehead atoms. The van der Waals surface area contributed by atoms with E-state index in [0.717, 1.165) is 43.9 Å². The molecule has 1 N–H and O–H groups in total. The van der Waals surface area contributed by atoms with Gasteiger partial charge in [0.15, 0.2) is 0 Å². The van der Waals surface area contributed by atoms with Gasteiger partial charge in [-0.15, -0.1) is 0 Å². The molecule has 0 spiro atoms. The third-order valence-electron chi connectivity index (χ3n) is 4.40. The molecule has 1 heterocycles. The van der Waals surface area contributed by atoms with Crippen molar-refractivity contribution in [3.8, 4) is 0 Å². The summed E-state index contributed by atoms with van der Waals surface area (Å²) in [5.41, 5.74) is 1.22. The van der Waals surface area contributed by atoms with E-state index in [0.29, 0.717) is 5.92 Å². The molecule has 0 aliphatic carbocycles. The molecule has 1 aliphatic heterocycles. The number of rotatable bonds is 6. The summed E-state index contributed by atoms with van der Waals surface area (Å²) in [5.74, 6) is 0.919. The van der Waals surface area contributed by atoms with E-state index in [2.05, 4.69) is 36.2 Å². The Kier molecular flexibility index (Phi) is 5.92. The molecule has 0 aromatic heterocycles. The predicted octanol–water partition coefficient (Wildman–Crippen LogP) is 3.72. The van der Waals surface area contributed by atoms with E-state index in [1.54, 1.807) is 0 Å². The first kappa shape index (κ1) is 16.2. The van der Waals surface area contributed by atoms with E-state index >= 15 is 0 Å². The van der Waals surface area contributed by atoms with Crippen LogP contribution in [0.15, 0.2) is 24.3 Å². The smallest absolute Gasteiger partial charge is 0.223 e. The van der Waals surface area contributed by atoms with E-state index in [1.165, 1.54) is 5.69 Å². The Morgan fingerprint density at radius 2 is 2.00 bits per heavy atom. The Bertz CT molecular complexity index is 456. The van der Waals surface area contributed by atoms with Crippen molar-refractivity contribution in [2.45, 2.75) is 33.1 Å². The van der Waals surface area contributed by atoms with Gasteiger partial charge in [-0.05, 0) is 49.4 Å². The standard InChI is InChI=1S/C17H25ClN2O/c1-3-14(4-2)17(21)19-11-13-9-10-20(12-13)16-7-5-15(18)6-8-16/h5-8,13-14H,3-4,9-12H2,1-2H3,(H,19,21). The Labute approximate surface area is 132 Å². The van der Waals surface area contributed by atoms with Gasteiger partial charge >= 0.3 is 0 Å². The number of hydrogen-bond donors (Lipinski definition) is 1. The van der Waals surface area contributed by atoms with Crippen LogP contribution in [0.25, 0.3) is 0 Å². The molecular formula is C17H25ClN2O. The Morgan fingerprint density at radius 1 is 1.33 bits per heavy atom. The minimum Gasteiger partial charge on any atom is -0.371 e. The van der Waals surface area contributed by atoms with Crippen molar-refractivity contribution in [2.75, 3.05) is 24.5 Å². The van der Waals surface area contributed by atoms with E-state index in [9.17, 15) is 4.79 Å². The fraction of sp³-hybridized carbons (Fsp3) is 0.588. The molecule has 4 heteroatoms. The van der Waals surface area contributed by atoms with Gasteiger partial charge < -0.3 is 10.2 Å². The van der Waals surface area contributed by atoms with Crippen molar-refractivity contribution in [1.82, 2.24) is 5.32 Å². The van der Waals surface area contributed by atoms with Gasteiger partial charge in [0, 0.05) is 36.3 Å². The summed E-state index contributed by atoms with van der Waals surface area (Å²) in [6.45, 7) is 6.99. The van der Waals surface area contributed by atoms with Crippen LogP contribution in [-0.4, -0.2) is 25.5 Å². The van der Waals surface area contributed by atoms with Gasteiger partial charge in [0.25, 0.3) is 0 Å². The summed E-state index contributed by atoms with van der Waals surface area (Å²) >= 11 is 5.92. The van der Waals surface area contributed by atoms with Gasteiger partial charge in [0.1, 0.15) is 0 Å². The van der Waals surface area contributed by atoms with Crippen molar-refractivity contribution in [1.29, 1.82) is 0 Å². The molecule has 116 valence electrons. The minimum atomic E-state index is 0.166. The predicted molar refractivity (Wildman–Crippen MR) is 88.9 cm³/mol. The second-order valence-electron chi connectivity index (χ2n) is 5.84. The third kappa shape index (κ3) is 4.37. The quantitative estimate of drug-likeness (QED) is 0.868. The van der Waals surface area contributed by atoms with Crippen molar-refractivity contribution in [2.24, 2.45) is 11.8 Å². The Balaban J connectivity index is 1.80. The average Bonchev–Trinajstić information content (AvgIpc) is 2.96. The van der Waals surface area contributed by atoms with Crippen molar-refractivity contribution in [3.63, 3.8) is 0 Å². The monoisotopic (exact) mass is 308 g/mol. The number of nitrogens with one attached hydrogen (secondary N) is 1. The minimum absolute atomic E-state index is 0.166. The highest BCUT2D eigenvalue weighted by atomic mass is 35.5. The lowest BCUT2D eigenvalue weighted by molar-refractivity contribution is -0.125. The van der Waals surface area contributed by atoms with Crippen LogP contribution in [0.4, 0.5) is 5.69 Å². The second kappa shape index (κ2) is 7.69. The first-order valence-corrected chi connectivity index (χ1v) is 8.30. The van der Waals surface area contributed by atoms with Crippen LogP contribution in [0, 0.1) is 11.8 Å². The van der Waals surface area contributed by atoms with Gasteiger partial charge in [-0.1, -0.05) is 25.4 Å². The zero-order valence-electron chi connectivity index (χ0n) is 12.9. The first-order valence-electron chi connectivity index (χ1n) is 7.92. The third-order valence-corrected chi connectivity index (χ3v) is 4.65. The van der Waals surface area contributed by atoms with Crippen LogP contribution in [0.1, 0.15) is 33.1 Å². The number of benzene rings is 1. The highest BCUT2D eigenvalue weighted by Gasteiger charge is 2.24. The van der Waals surface area contributed by atoms with Crippen LogP contribution >= 0.6 is 11.6 Å². The first-order chi connectivity index (χ1) is 10.1. The molecule has 1 saturated heterocycles. The maximum atomic E-state index is 12.0. The number of amides is 1. The van der Waals surface area contributed by atoms with Gasteiger partial charge in [-0.25, -0.2) is 0 Å². The van der Waals surface area contributed by atoms with Gasteiger partial charge in [-0.3, -0.25) is 4.79 Å². The molecule has 1 fully saturated rings. The molecular weight excluding hydrogens is 284 g/mol. The molecule has 1 aromatic rings. The zero-order chi connectivity index (χ0) is 15.2. The number of anilines is 1. The molecule has 1 aromatic carbocycles. The second-order valence-corrected chi connectivity index (χ2v) is 6.27. The maximum absolute atomic E-state index is 12.0. The lowest BCUT2D eigenvalue weighted by Crippen LogP contribution is -2.35. The number of carbonyl (C=O) groups excluding carboxylic acids is 1. The lowest BCUT2D eigenvalue weighted by atomic mass is 10.0. The molecule has 1 amide bonds. The summed E-state index contributed by atoms with van der Waals surface area (Å²) in [4.78, 5) is 14.4. The average molecular weight is 309 g/mol. The van der Waals surface area contributed by atoms with Gasteiger partial charge in [0.2, 0.25) is 5.91 Å². The SMILES string of the molecule is CCC(CC)C(=O)NCC1CCN(c2ccc(Cl)cc2)C1. The van der Waals surface area contributed by atoms with Crippen molar-refractivity contribution in [3.05, 3.63) is 29.3 Å². The normalized spacial score (nSPS) is 18.3. The van der Waals surface area contributed by atoms with Crippen LogP contribution in [0.5, 0.6) is 0 Å². The van der Waals surface area contributed by atoms with E-state index < -0.39 is 0 Å². The van der Waals surface area contributed by atoms with Crippen LogP contribution in [0.3, 0.4) is 0 Å². The molecule has 0 saturated carbocycles. The van der Waals surface area contributed by atoms with Gasteiger partial charge in [-0.2, -0.15) is 0 Å². The van der Waals surface area contributed by atoms with Crippen molar-refractivity contribution >= 4 is 23.2 Å². The lowest BCUT2D eigenvalue weighted by Gasteiger charge is -2.19. The van der Waals surface area contributed by atoms with Crippen LogP contribution in [-0.2, 0) is 4.79 Å². The van der Waals surface area contributed by atoms with E-state index in [4.69, 9.17) is 11.6 Å². The van der Waals surface area contributed by atoms with E-state index in [-0.39, 0.29) is 11.8 Å². The summed E-state index contributed by atoms with van der Waals surface area (Å²) in [6, 6.07) is 7.99. The molecule has 1 atom stereocenters. The fourth-order valence-corrected chi connectivity index (χ4v) is 3.06. The molecule has 2 rings (SSSR count). The van der Waals surface area contributed by atoms with Crippen LogP contribution in [0.2, 0.25) is 5.02 Å². The fourth-order valence-electron chi connectivity index (χ4n) is 2.93. The summed E-state index contributed by atoms with van der Waals surface area (Å²) < 4.78 is 0.